The molecule has 11 heteroatoms. The molecule has 5 nitrogen and oxygen atoms in total. The van der Waals surface area contributed by atoms with E-state index in [1.165, 1.54) is 12.1 Å². The third-order valence-corrected chi connectivity index (χ3v) is 16.5. The summed E-state index contributed by atoms with van der Waals surface area (Å²) in [5, 5.41) is 4.55. The summed E-state index contributed by atoms with van der Waals surface area (Å²) in [6.45, 7) is 6.06. The molecule has 0 aliphatic carbocycles. The van der Waals surface area contributed by atoms with Crippen LogP contribution in [0.3, 0.4) is 0 Å². The Kier molecular flexibility index (Phi) is 11.7. The lowest BCUT2D eigenvalue weighted by Gasteiger charge is -2.17. The number of hydrogen-bond acceptors (Lipinski definition) is 3. The number of aryl methyl sites for hydroxylation is 3. The highest BCUT2D eigenvalue weighted by atomic mass is 19.4. The molecule has 0 spiro atoms. The fraction of sp³-hybridized carbons (Fsp3) is 0.0676. The van der Waals surface area contributed by atoms with Gasteiger partial charge in [0.2, 0.25) is 0 Å². The zero-order valence-corrected chi connectivity index (χ0v) is 45.9. The van der Waals surface area contributed by atoms with Crippen LogP contribution >= 0.6 is 0 Å². The van der Waals surface area contributed by atoms with Crippen molar-refractivity contribution in [2.24, 2.45) is 0 Å². The van der Waals surface area contributed by atoms with Crippen molar-refractivity contribution in [2.75, 3.05) is 0 Å². The molecule has 0 amide bonds. The maximum atomic E-state index is 16.5. The zero-order chi connectivity index (χ0) is 58.0. The van der Waals surface area contributed by atoms with E-state index >= 15 is 26.3 Å². The third-order valence-electron chi connectivity index (χ3n) is 16.5. The number of rotatable bonds is 5. The van der Waals surface area contributed by atoms with Gasteiger partial charge in [-0.25, -0.2) is 15.0 Å². The second-order valence-corrected chi connectivity index (χ2v) is 22.1. The summed E-state index contributed by atoms with van der Waals surface area (Å²) < 4.78 is 99.8. The normalized spacial score (nSPS) is 12.3. The number of aromatic nitrogens is 5. The Labute approximate surface area is 482 Å². The van der Waals surface area contributed by atoms with Crippen LogP contribution in [0.2, 0.25) is 0 Å². The molecule has 4 heterocycles. The van der Waals surface area contributed by atoms with Gasteiger partial charge in [-0.2, -0.15) is 26.3 Å². The SMILES string of the molecule is Cc1cccc(-c2ccc3c4ccc(-c5cccc(C)c5)cc4n(-c4ccc(C(F)(F)F)c5c6cccc(c6)c6ccc7c8ccc(-c9cccc(C)c9)cc8n(c8ccc(C(F)(F)F)cc8c8nc(-c9ccccc9)nc(n8)c45)c7c6)c3c2)c1. The molecule has 15 rings (SSSR count). The molecule has 0 saturated heterocycles. The molecule has 4 aromatic heterocycles. The molecule has 0 radical (unpaired) electrons. The molecule has 11 aromatic carbocycles. The minimum atomic E-state index is -4.94. The molecule has 0 aliphatic rings. The van der Waals surface area contributed by atoms with Crippen molar-refractivity contribution in [3.05, 3.63) is 258 Å². The lowest BCUT2D eigenvalue weighted by Crippen LogP contribution is -2.08. The van der Waals surface area contributed by atoms with Crippen molar-refractivity contribution >= 4 is 92.7 Å². The van der Waals surface area contributed by atoms with E-state index in [0.717, 1.165) is 89.8 Å². The Hall–Kier alpha value is -10.4. The molecule has 0 unspecified atom stereocenters. The van der Waals surface area contributed by atoms with Gasteiger partial charge >= 0.3 is 12.4 Å². The number of halogens is 6. The van der Waals surface area contributed by atoms with Crippen LogP contribution in [0.15, 0.2) is 231 Å². The predicted molar refractivity (Wildman–Crippen MR) is 334 cm³/mol. The van der Waals surface area contributed by atoms with Crippen LogP contribution in [0.25, 0.3) is 143 Å². The standard InChI is InChI=1S/C74H47F6N5/c1-42-11-7-16-46(33-42)50-21-26-56-57-29-24-53-40-65(57)84(64(56)37-50)62-31-25-55(73(75,76)77)41-60(62)71-81-70(45-14-5-4-6-15-45)82-72(83-71)69-63(32-30-61(74(78,79)80)68(69)54-20-10-19-49(53)36-54)85-66-38-51(47-17-8-12-43(2)34-47)22-27-58(66)59-28-23-52(39-67(59)85)48-18-9-13-44(3)35-48/h4-41H,1-3H3. The van der Waals surface area contributed by atoms with Gasteiger partial charge in [0.05, 0.1) is 49.8 Å². The van der Waals surface area contributed by atoms with E-state index in [-0.39, 0.29) is 38.7 Å². The second-order valence-electron chi connectivity index (χ2n) is 22.1. The Bertz CT molecular complexity index is 5280. The van der Waals surface area contributed by atoms with Gasteiger partial charge in [-0.15, -0.1) is 0 Å². The van der Waals surface area contributed by atoms with Gasteiger partial charge in [0.25, 0.3) is 0 Å². The molecule has 0 atom stereocenters. The molecule has 85 heavy (non-hydrogen) atoms. The van der Waals surface area contributed by atoms with E-state index < -0.39 is 23.5 Å². The van der Waals surface area contributed by atoms with E-state index in [1.54, 1.807) is 42.5 Å². The van der Waals surface area contributed by atoms with Gasteiger partial charge in [-0.1, -0.05) is 187 Å². The molecule has 15 aromatic rings. The van der Waals surface area contributed by atoms with Crippen molar-refractivity contribution in [3.8, 4) is 50.5 Å². The van der Waals surface area contributed by atoms with E-state index in [1.807, 2.05) is 145 Å². The van der Waals surface area contributed by atoms with Crippen LogP contribution in [0.4, 0.5) is 26.3 Å². The van der Waals surface area contributed by atoms with Crippen LogP contribution < -0.4 is 0 Å². The summed E-state index contributed by atoms with van der Waals surface area (Å²) in [6.07, 6.45) is -9.77. The molecular formula is C74H47F6N5. The monoisotopic (exact) mass is 1120 g/mol. The number of benzene rings is 11. The Morgan fingerprint density at radius 3 is 1.39 bits per heavy atom. The highest BCUT2D eigenvalue weighted by molar-refractivity contribution is 6.18. The summed E-state index contributed by atoms with van der Waals surface area (Å²) in [6, 6.07) is 70.8. The fourth-order valence-corrected chi connectivity index (χ4v) is 12.6. The Morgan fingerprint density at radius 1 is 0.318 bits per heavy atom. The summed E-state index contributed by atoms with van der Waals surface area (Å²) in [5.74, 6) is 0.0380. The molecule has 6 bridgehead atoms. The van der Waals surface area contributed by atoms with Gasteiger partial charge in [-0.3, -0.25) is 0 Å². The lowest BCUT2D eigenvalue weighted by atomic mass is 9.98. The van der Waals surface area contributed by atoms with Crippen LogP contribution in [-0.4, -0.2) is 23.9 Å². The second kappa shape index (κ2) is 19.4. The quantitative estimate of drug-likeness (QED) is 0.161. The Balaban J connectivity index is 1.21. The molecule has 0 fully saturated rings. The van der Waals surface area contributed by atoms with Crippen molar-refractivity contribution < 1.29 is 26.3 Å². The molecule has 0 aliphatic heterocycles. The first-order valence-electron chi connectivity index (χ1n) is 27.9. The highest BCUT2D eigenvalue weighted by Crippen LogP contribution is 2.45. The highest BCUT2D eigenvalue weighted by Gasteiger charge is 2.35. The van der Waals surface area contributed by atoms with Crippen molar-refractivity contribution in [3.63, 3.8) is 0 Å². The fourth-order valence-electron chi connectivity index (χ4n) is 12.6. The average molecular weight is 1120 g/mol. The maximum absolute atomic E-state index is 16.5. The first kappa shape index (κ1) is 51.5. The van der Waals surface area contributed by atoms with Crippen LogP contribution in [0.1, 0.15) is 27.8 Å². The van der Waals surface area contributed by atoms with Crippen LogP contribution in [-0.2, 0) is 12.4 Å². The number of hydrogen-bond donors (Lipinski definition) is 0. The van der Waals surface area contributed by atoms with Crippen molar-refractivity contribution in [2.45, 2.75) is 33.1 Å². The zero-order valence-electron chi connectivity index (χ0n) is 45.9. The minimum absolute atomic E-state index is 0.00976. The number of alkyl halides is 6. The summed E-state index contributed by atoms with van der Waals surface area (Å²) in [7, 11) is 0. The van der Waals surface area contributed by atoms with Crippen molar-refractivity contribution in [1.29, 1.82) is 0 Å². The van der Waals surface area contributed by atoms with E-state index in [0.29, 0.717) is 49.6 Å². The maximum Gasteiger partial charge on any atom is 0.417 e. The first-order chi connectivity index (χ1) is 41.1. The Morgan fingerprint density at radius 2 is 0.812 bits per heavy atom. The van der Waals surface area contributed by atoms with Crippen molar-refractivity contribution in [1.82, 2.24) is 23.9 Å². The van der Waals surface area contributed by atoms with E-state index in [4.69, 9.17) is 15.0 Å². The number of fused-ring (bicyclic) bond motifs is 18. The minimum Gasteiger partial charge on any atom is -0.308 e. The topological polar surface area (TPSA) is 48.0 Å². The summed E-state index contributed by atoms with van der Waals surface area (Å²) in [5.41, 5.74) is 10.1. The average Bonchev–Trinajstić information content (AvgIpc) is 1.87. The molecular weight excluding hydrogens is 1070 g/mol. The molecule has 0 saturated carbocycles. The number of nitrogens with zero attached hydrogens (tertiary/aromatic N) is 5. The lowest BCUT2D eigenvalue weighted by molar-refractivity contribution is -0.137. The largest absolute Gasteiger partial charge is 0.417 e. The van der Waals surface area contributed by atoms with Gasteiger partial charge < -0.3 is 8.97 Å². The van der Waals surface area contributed by atoms with E-state index in [2.05, 4.69) is 42.5 Å². The van der Waals surface area contributed by atoms with Gasteiger partial charge in [-0.05, 0) is 131 Å². The first-order valence-corrected chi connectivity index (χ1v) is 27.9. The van der Waals surface area contributed by atoms with Gasteiger partial charge in [0, 0.05) is 37.9 Å². The predicted octanol–water partition coefficient (Wildman–Crippen LogP) is 20.9. The molecule has 410 valence electrons. The van der Waals surface area contributed by atoms with E-state index in [9.17, 15) is 0 Å². The smallest absolute Gasteiger partial charge is 0.308 e. The van der Waals surface area contributed by atoms with Gasteiger partial charge in [0.1, 0.15) is 0 Å². The van der Waals surface area contributed by atoms with Crippen LogP contribution in [0, 0.1) is 20.8 Å². The van der Waals surface area contributed by atoms with Gasteiger partial charge in [0.15, 0.2) is 17.1 Å². The molecule has 0 N–H and O–H groups in total. The van der Waals surface area contributed by atoms with Crippen LogP contribution in [0.5, 0.6) is 0 Å². The third kappa shape index (κ3) is 8.76. The summed E-state index contributed by atoms with van der Waals surface area (Å²) in [4.78, 5) is 15.5. The summed E-state index contributed by atoms with van der Waals surface area (Å²) >= 11 is 0.